The lowest BCUT2D eigenvalue weighted by Gasteiger charge is -2.06. The third-order valence-corrected chi connectivity index (χ3v) is 3.33. The maximum Gasteiger partial charge on any atom is 0.232 e. The van der Waals surface area contributed by atoms with Crippen LogP contribution in [-0.4, -0.2) is 35.1 Å². The van der Waals surface area contributed by atoms with Gasteiger partial charge in [0.05, 0.1) is 10.7 Å². The van der Waals surface area contributed by atoms with Crippen LogP contribution >= 0.6 is 34.8 Å². The van der Waals surface area contributed by atoms with E-state index in [1.165, 1.54) is 6.33 Å². The second-order valence-electron chi connectivity index (χ2n) is 4.62. The van der Waals surface area contributed by atoms with E-state index in [0.29, 0.717) is 10.7 Å². The van der Waals surface area contributed by atoms with Crippen molar-refractivity contribution in [1.29, 1.82) is 0 Å². The number of aromatic nitrogens is 7. The molecule has 0 saturated carbocycles. The molecule has 11 heteroatoms. The van der Waals surface area contributed by atoms with Crippen molar-refractivity contribution in [3.63, 3.8) is 0 Å². The number of rotatable bonds is 2. The molecule has 8 nitrogen and oxygen atoms in total. The number of nitrogens with zero attached hydrogens (tertiary/aromatic N) is 7. The fourth-order valence-electron chi connectivity index (χ4n) is 1.57. The van der Waals surface area contributed by atoms with Gasteiger partial charge in [0.15, 0.2) is 0 Å². The zero-order valence-corrected chi connectivity index (χ0v) is 16.5. The molecule has 1 N–H and O–H groups in total. The molecule has 0 radical (unpaired) electrons. The minimum atomic E-state index is 0.0227. The molecule has 3 aromatic heterocycles. The molecule has 0 fully saturated rings. The molecule has 0 aliphatic rings. The van der Waals surface area contributed by atoms with Gasteiger partial charge in [0, 0.05) is 24.8 Å². The maximum absolute atomic E-state index is 5.95. The third kappa shape index (κ3) is 8.63. The van der Waals surface area contributed by atoms with Crippen molar-refractivity contribution in [3.8, 4) is 0 Å². The van der Waals surface area contributed by atoms with Gasteiger partial charge in [-0.15, -0.1) is 0 Å². The summed E-state index contributed by atoms with van der Waals surface area (Å²) in [4.78, 5) is 18.7. The maximum atomic E-state index is 5.95. The summed E-state index contributed by atoms with van der Waals surface area (Å²) in [5, 5.41) is 10.6. The van der Waals surface area contributed by atoms with Crippen molar-refractivity contribution in [2.45, 2.75) is 0 Å². The molecule has 0 atom stereocenters. The van der Waals surface area contributed by atoms with Gasteiger partial charge in [-0.25, -0.2) is 9.97 Å². The van der Waals surface area contributed by atoms with E-state index in [4.69, 9.17) is 34.8 Å². The van der Waals surface area contributed by atoms with Gasteiger partial charge in [-0.2, -0.15) is 25.1 Å². The Bertz CT molecular complexity index is 840. The van der Waals surface area contributed by atoms with Crippen LogP contribution in [0, 0.1) is 0 Å². The molecular weight excluding hydrogens is 423 g/mol. The van der Waals surface area contributed by atoms with Gasteiger partial charge in [0.1, 0.15) is 6.33 Å². The number of anilines is 2. The Morgan fingerprint density at radius 2 is 1.25 bits per heavy atom. The van der Waals surface area contributed by atoms with E-state index < -0.39 is 0 Å². The van der Waals surface area contributed by atoms with Crippen LogP contribution in [0.5, 0.6) is 0 Å². The van der Waals surface area contributed by atoms with E-state index in [9.17, 15) is 0 Å². The molecule has 0 aliphatic carbocycles. The molecule has 0 unspecified atom stereocenters. The van der Waals surface area contributed by atoms with Crippen molar-refractivity contribution in [2.75, 3.05) is 5.32 Å². The lowest BCUT2D eigenvalue weighted by Crippen LogP contribution is -1.99. The highest BCUT2D eigenvalue weighted by molar-refractivity contribution is 6.33. The average Bonchev–Trinajstić information content (AvgIpc) is 2.73. The summed E-state index contributed by atoms with van der Waals surface area (Å²) in [5.74, 6) is 0.248. The lowest BCUT2D eigenvalue weighted by atomic mass is 10.3. The van der Waals surface area contributed by atoms with Gasteiger partial charge in [-0.3, -0.25) is 0 Å². The van der Waals surface area contributed by atoms with Crippen LogP contribution in [-0.2, 0) is 0 Å². The van der Waals surface area contributed by atoms with Gasteiger partial charge < -0.3 is 5.32 Å². The van der Waals surface area contributed by atoms with Gasteiger partial charge in [-0.05, 0) is 53.5 Å². The molecule has 4 rings (SSSR count). The monoisotopic (exact) mass is 434 g/mol. The summed E-state index contributed by atoms with van der Waals surface area (Å²) in [6.45, 7) is 0. The first-order chi connectivity index (χ1) is 13.6. The van der Waals surface area contributed by atoms with Crippen molar-refractivity contribution >= 4 is 46.4 Å². The standard InChI is InChI=1S/C9H5Cl3N4.2C4H4N2/c10-5-3-1-2-4-6(5)13-9-15-7(11)14-8(12)16-9;1-2-5-4-6-3-1;1-2-4-6-5-3-1/h1-4H,(H,13,14,15,16);2*1-4H. The summed E-state index contributed by atoms with van der Waals surface area (Å²) in [5.41, 5.74) is 0.669. The Balaban J connectivity index is 0.000000190. The molecule has 142 valence electrons. The molecular formula is C17H13Cl3N8. The largest absolute Gasteiger partial charge is 0.323 e. The van der Waals surface area contributed by atoms with Gasteiger partial charge in [-0.1, -0.05) is 23.7 Å². The van der Waals surface area contributed by atoms with Crippen molar-refractivity contribution in [1.82, 2.24) is 35.1 Å². The smallest absolute Gasteiger partial charge is 0.232 e. The van der Waals surface area contributed by atoms with E-state index in [1.54, 1.807) is 43.0 Å². The van der Waals surface area contributed by atoms with E-state index in [-0.39, 0.29) is 16.5 Å². The minimum Gasteiger partial charge on any atom is -0.323 e. The van der Waals surface area contributed by atoms with Gasteiger partial charge >= 0.3 is 0 Å². The Labute approximate surface area is 176 Å². The first kappa shape index (κ1) is 21.4. The van der Waals surface area contributed by atoms with E-state index in [2.05, 4.69) is 40.4 Å². The average molecular weight is 436 g/mol. The van der Waals surface area contributed by atoms with Crippen molar-refractivity contribution < 1.29 is 0 Å². The molecule has 0 spiro atoms. The van der Waals surface area contributed by atoms with Crippen LogP contribution in [0.25, 0.3) is 0 Å². The van der Waals surface area contributed by atoms with Crippen LogP contribution in [0.3, 0.4) is 0 Å². The van der Waals surface area contributed by atoms with Gasteiger partial charge in [0.2, 0.25) is 16.5 Å². The Morgan fingerprint density at radius 1 is 0.643 bits per heavy atom. The Kier molecular flexibility index (Phi) is 9.50. The van der Waals surface area contributed by atoms with E-state index in [0.717, 1.165) is 0 Å². The summed E-state index contributed by atoms with van der Waals surface area (Å²) >= 11 is 17.2. The van der Waals surface area contributed by atoms with Crippen molar-refractivity contribution in [3.05, 3.63) is 89.2 Å². The molecule has 3 heterocycles. The first-order valence-electron chi connectivity index (χ1n) is 7.65. The minimum absolute atomic E-state index is 0.0227. The molecule has 28 heavy (non-hydrogen) atoms. The highest BCUT2D eigenvalue weighted by atomic mass is 35.5. The predicted molar refractivity (Wildman–Crippen MR) is 109 cm³/mol. The topological polar surface area (TPSA) is 102 Å². The SMILES string of the molecule is Clc1nc(Cl)nc(Nc2ccccc2Cl)n1.c1ccnnc1.c1cncnc1. The molecule has 1 aromatic carbocycles. The fraction of sp³-hybridized carbons (Fsp3) is 0. The highest BCUT2D eigenvalue weighted by Gasteiger charge is 2.05. The number of hydrogen-bond donors (Lipinski definition) is 1. The lowest BCUT2D eigenvalue weighted by molar-refractivity contribution is 1.03. The predicted octanol–water partition coefficient (Wildman–Crippen LogP) is 4.53. The summed E-state index contributed by atoms with van der Waals surface area (Å²) in [6.07, 6.45) is 8.15. The van der Waals surface area contributed by atoms with Gasteiger partial charge in [0.25, 0.3) is 0 Å². The highest BCUT2D eigenvalue weighted by Crippen LogP contribution is 2.23. The Hall–Kier alpha value is -2.94. The van der Waals surface area contributed by atoms with Crippen LogP contribution in [0.4, 0.5) is 11.6 Å². The number of nitrogens with one attached hydrogen (secondary N) is 1. The number of benzene rings is 1. The zero-order valence-electron chi connectivity index (χ0n) is 14.2. The fourth-order valence-corrected chi connectivity index (χ4v) is 2.12. The summed E-state index contributed by atoms with van der Waals surface area (Å²) in [7, 11) is 0. The Morgan fingerprint density at radius 3 is 1.68 bits per heavy atom. The molecule has 0 amide bonds. The molecule has 0 bridgehead atoms. The quantitative estimate of drug-likeness (QED) is 0.490. The summed E-state index contributed by atoms with van der Waals surface area (Å²) < 4.78 is 0. The van der Waals surface area contributed by atoms with Crippen LogP contribution in [0.15, 0.2) is 73.6 Å². The molecule has 0 saturated heterocycles. The number of halogens is 3. The number of para-hydroxylation sites is 1. The molecule has 0 aliphatic heterocycles. The normalized spacial score (nSPS) is 9.25. The molecule has 4 aromatic rings. The van der Waals surface area contributed by atoms with Crippen molar-refractivity contribution in [2.24, 2.45) is 0 Å². The van der Waals surface area contributed by atoms with Crippen LogP contribution < -0.4 is 5.32 Å². The van der Waals surface area contributed by atoms with E-state index >= 15 is 0 Å². The second-order valence-corrected chi connectivity index (χ2v) is 5.70. The van der Waals surface area contributed by atoms with E-state index in [1.807, 2.05) is 24.3 Å². The second kappa shape index (κ2) is 12.4. The summed E-state index contributed by atoms with van der Waals surface area (Å²) in [6, 6.07) is 12.6. The van der Waals surface area contributed by atoms with Crippen LogP contribution in [0.2, 0.25) is 15.6 Å². The number of hydrogen-bond acceptors (Lipinski definition) is 8. The van der Waals surface area contributed by atoms with Crippen LogP contribution in [0.1, 0.15) is 0 Å². The first-order valence-corrected chi connectivity index (χ1v) is 8.79. The third-order valence-electron chi connectivity index (χ3n) is 2.66. The zero-order chi connectivity index (χ0) is 20.0.